The van der Waals surface area contributed by atoms with E-state index in [1.807, 2.05) is 32.0 Å². The number of amides is 1. The Bertz CT molecular complexity index is 876. The minimum absolute atomic E-state index is 0.0935. The molecule has 118 valence electrons. The Morgan fingerprint density at radius 3 is 2.96 bits per heavy atom. The molecule has 2 aromatic carbocycles. The summed E-state index contributed by atoms with van der Waals surface area (Å²) in [5.41, 5.74) is 4.40. The average molecular weight is 347 g/mol. The number of aryl methyl sites for hydroxylation is 1. The minimum atomic E-state index is -0.0935. The Kier molecular flexibility index (Phi) is 4.59. The molecule has 4 nitrogen and oxygen atoms in total. The van der Waals surface area contributed by atoms with Crippen LogP contribution in [0.2, 0.25) is 5.02 Å². The van der Waals surface area contributed by atoms with E-state index in [2.05, 4.69) is 10.3 Å². The highest BCUT2D eigenvalue weighted by Gasteiger charge is 2.11. The summed E-state index contributed by atoms with van der Waals surface area (Å²) >= 11 is 7.18. The summed E-state index contributed by atoms with van der Waals surface area (Å²) in [4.78, 5) is 16.4. The van der Waals surface area contributed by atoms with Crippen molar-refractivity contribution in [3.8, 4) is 0 Å². The van der Waals surface area contributed by atoms with E-state index in [-0.39, 0.29) is 11.7 Å². The zero-order valence-corrected chi connectivity index (χ0v) is 14.3. The molecule has 6 heteroatoms. The molecule has 0 fully saturated rings. The number of carbonyl (C=O) groups is 1. The number of hydrogen-bond acceptors (Lipinski definition) is 4. The predicted octanol–water partition coefficient (Wildman–Crippen LogP) is 4.83. The molecule has 0 saturated carbocycles. The highest BCUT2D eigenvalue weighted by Crippen LogP contribution is 2.26. The van der Waals surface area contributed by atoms with Gasteiger partial charge in [0.1, 0.15) is 5.52 Å². The fraction of sp³-hybridized carbons (Fsp3) is 0.176. The van der Waals surface area contributed by atoms with Crippen molar-refractivity contribution >= 4 is 46.1 Å². The maximum Gasteiger partial charge on any atom is 0.257 e. The number of oxazole rings is 1. The number of nitrogens with one attached hydrogen (secondary N) is 1. The second kappa shape index (κ2) is 6.64. The van der Waals surface area contributed by atoms with Crippen molar-refractivity contribution in [2.24, 2.45) is 0 Å². The Hall–Kier alpha value is -1.98. The molecule has 1 N–H and O–H groups in total. The predicted molar refractivity (Wildman–Crippen MR) is 94.3 cm³/mol. The number of fused-ring (bicyclic) bond motifs is 1. The summed E-state index contributed by atoms with van der Waals surface area (Å²) in [5, 5.41) is 3.98. The maximum atomic E-state index is 12.1. The molecule has 1 heterocycles. The van der Waals surface area contributed by atoms with Gasteiger partial charge in [-0.15, -0.1) is 0 Å². The zero-order valence-electron chi connectivity index (χ0n) is 12.7. The standard InChI is InChI=1S/C17H15ClN2O2S/c1-10-4-3-5-13(11(10)2)19-16(21)9-23-17-20-14-8-12(18)6-7-15(14)22-17/h3-8H,9H2,1-2H3,(H,19,21). The molecule has 0 radical (unpaired) electrons. The first-order valence-corrected chi connectivity index (χ1v) is 8.44. The zero-order chi connectivity index (χ0) is 16.4. The van der Waals surface area contributed by atoms with Crippen LogP contribution in [-0.2, 0) is 4.79 Å². The van der Waals surface area contributed by atoms with Crippen LogP contribution in [0.1, 0.15) is 11.1 Å². The summed E-state index contributed by atoms with van der Waals surface area (Å²) in [5.74, 6) is 0.137. The lowest BCUT2D eigenvalue weighted by atomic mass is 10.1. The summed E-state index contributed by atoms with van der Waals surface area (Å²) in [6, 6.07) is 11.1. The van der Waals surface area contributed by atoms with Crippen molar-refractivity contribution in [2.45, 2.75) is 19.1 Å². The molecule has 1 amide bonds. The molecule has 0 bridgehead atoms. The lowest BCUT2D eigenvalue weighted by molar-refractivity contribution is -0.113. The number of anilines is 1. The molecule has 1 aromatic heterocycles. The van der Waals surface area contributed by atoms with Crippen molar-refractivity contribution in [1.82, 2.24) is 4.98 Å². The highest BCUT2D eigenvalue weighted by molar-refractivity contribution is 7.99. The Labute approximate surface area is 143 Å². The van der Waals surface area contributed by atoms with Crippen LogP contribution in [0.15, 0.2) is 46.0 Å². The van der Waals surface area contributed by atoms with E-state index in [1.165, 1.54) is 11.8 Å². The van der Waals surface area contributed by atoms with Crippen molar-refractivity contribution in [1.29, 1.82) is 0 Å². The molecule has 0 saturated heterocycles. The van der Waals surface area contributed by atoms with Gasteiger partial charge in [-0.05, 0) is 49.2 Å². The number of benzene rings is 2. The number of aromatic nitrogens is 1. The Morgan fingerprint density at radius 1 is 1.30 bits per heavy atom. The molecule has 23 heavy (non-hydrogen) atoms. The average Bonchev–Trinajstić information content (AvgIpc) is 2.92. The van der Waals surface area contributed by atoms with Crippen LogP contribution in [0.3, 0.4) is 0 Å². The van der Waals surface area contributed by atoms with Gasteiger partial charge in [0.2, 0.25) is 5.91 Å². The number of thioether (sulfide) groups is 1. The van der Waals surface area contributed by atoms with Gasteiger partial charge >= 0.3 is 0 Å². The van der Waals surface area contributed by atoms with E-state index in [4.69, 9.17) is 16.0 Å². The lowest BCUT2D eigenvalue weighted by Gasteiger charge is -2.09. The van der Waals surface area contributed by atoms with Gasteiger partial charge in [0.15, 0.2) is 5.58 Å². The smallest absolute Gasteiger partial charge is 0.257 e. The second-order valence-electron chi connectivity index (χ2n) is 5.18. The highest BCUT2D eigenvalue weighted by atomic mass is 35.5. The normalized spacial score (nSPS) is 10.9. The van der Waals surface area contributed by atoms with Crippen LogP contribution >= 0.6 is 23.4 Å². The summed E-state index contributed by atoms with van der Waals surface area (Å²) in [6.07, 6.45) is 0. The topological polar surface area (TPSA) is 55.1 Å². The first-order chi connectivity index (χ1) is 11.0. The van der Waals surface area contributed by atoms with Crippen molar-refractivity contribution in [3.05, 3.63) is 52.5 Å². The van der Waals surface area contributed by atoms with Gasteiger partial charge in [0, 0.05) is 10.7 Å². The van der Waals surface area contributed by atoms with Crippen LogP contribution < -0.4 is 5.32 Å². The first-order valence-electron chi connectivity index (χ1n) is 7.08. The summed E-state index contributed by atoms with van der Waals surface area (Å²) in [7, 11) is 0. The first kappa shape index (κ1) is 15.9. The monoisotopic (exact) mass is 346 g/mol. The van der Waals surface area contributed by atoms with Crippen molar-refractivity contribution < 1.29 is 9.21 Å². The third-order valence-corrected chi connectivity index (χ3v) is 4.60. The summed E-state index contributed by atoms with van der Waals surface area (Å²) < 4.78 is 5.58. The molecular weight excluding hydrogens is 332 g/mol. The summed E-state index contributed by atoms with van der Waals surface area (Å²) in [6.45, 7) is 4.01. The number of halogens is 1. The minimum Gasteiger partial charge on any atom is -0.431 e. The van der Waals surface area contributed by atoms with Crippen molar-refractivity contribution in [3.63, 3.8) is 0 Å². The quantitative estimate of drug-likeness (QED) is 0.687. The van der Waals surface area contributed by atoms with E-state index in [0.717, 1.165) is 16.8 Å². The molecular formula is C17H15ClN2O2S. The molecule has 3 aromatic rings. The lowest BCUT2D eigenvalue weighted by Crippen LogP contribution is -2.15. The van der Waals surface area contributed by atoms with Crippen LogP contribution in [-0.4, -0.2) is 16.6 Å². The molecule has 3 rings (SSSR count). The van der Waals surface area contributed by atoms with Crippen LogP contribution in [0.4, 0.5) is 5.69 Å². The third kappa shape index (κ3) is 3.68. The van der Waals surface area contributed by atoms with Crippen LogP contribution in [0, 0.1) is 13.8 Å². The van der Waals surface area contributed by atoms with E-state index >= 15 is 0 Å². The molecule has 0 aliphatic rings. The fourth-order valence-corrected chi connectivity index (χ4v) is 2.95. The van der Waals surface area contributed by atoms with E-state index < -0.39 is 0 Å². The molecule has 0 aliphatic heterocycles. The number of nitrogens with zero attached hydrogens (tertiary/aromatic N) is 1. The van der Waals surface area contributed by atoms with E-state index in [1.54, 1.807) is 18.2 Å². The Morgan fingerprint density at radius 2 is 2.13 bits per heavy atom. The van der Waals surface area contributed by atoms with Gasteiger partial charge in [-0.3, -0.25) is 4.79 Å². The fourth-order valence-electron chi connectivity index (χ4n) is 2.14. The molecule has 0 spiro atoms. The van der Waals surface area contributed by atoms with Gasteiger partial charge in [-0.2, -0.15) is 0 Å². The van der Waals surface area contributed by atoms with Gasteiger partial charge in [-0.25, -0.2) is 4.98 Å². The molecule has 0 aliphatic carbocycles. The van der Waals surface area contributed by atoms with Crippen LogP contribution in [0.5, 0.6) is 0 Å². The van der Waals surface area contributed by atoms with Crippen LogP contribution in [0.25, 0.3) is 11.1 Å². The second-order valence-corrected chi connectivity index (χ2v) is 6.54. The van der Waals surface area contributed by atoms with Gasteiger partial charge < -0.3 is 9.73 Å². The number of hydrogen-bond donors (Lipinski definition) is 1. The van der Waals surface area contributed by atoms with E-state index in [9.17, 15) is 4.79 Å². The van der Waals surface area contributed by atoms with Gasteiger partial charge in [0.25, 0.3) is 5.22 Å². The molecule has 0 unspecified atom stereocenters. The SMILES string of the molecule is Cc1cccc(NC(=O)CSc2nc3cc(Cl)ccc3o2)c1C. The van der Waals surface area contributed by atoms with Gasteiger partial charge in [0.05, 0.1) is 5.75 Å². The van der Waals surface area contributed by atoms with Crippen molar-refractivity contribution in [2.75, 3.05) is 11.1 Å². The Balaban J connectivity index is 1.65. The number of carbonyl (C=O) groups excluding carboxylic acids is 1. The maximum absolute atomic E-state index is 12.1. The molecule has 0 atom stereocenters. The third-order valence-electron chi connectivity index (χ3n) is 3.54. The largest absolute Gasteiger partial charge is 0.431 e. The number of rotatable bonds is 4. The van der Waals surface area contributed by atoms with E-state index in [0.29, 0.717) is 21.3 Å². The van der Waals surface area contributed by atoms with Gasteiger partial charge in [-0.1, -0.05) is 35.5 Å².